The molecule has 4 nitrogen and oxygen atoms in total. The number of carbonyl (C=O) groups is 1. The van der Waals surface area contributed by atoms with Gasteiger partial charge in [-0.05, 0) is 18.1 Å². The summed E-state index contributed by atoms with van der Waals surface area (Å²) in [5.41, 5.74) is 0. The predicted molar refractivity (Wildman–Crippen MR) is 66.0 cm³/mol. The Morgan fingerprint density at radius 3 is 2.06 bits per heavy atom. The molecule has 1 atom stereocenters. The largest absolute Gasteiger partial charge is 0.467 e. The van der Waals surface area contributed by atoms with Gasteiger partial charge in [0.05, 0.1) is 13.7 Å². The minimum atomic E-state index is -1.97. The Kier molecular flexibility index (Phi) is 5.65. The van der Waals surface area contributed by atoms with E-state index in [0.717, 1.165) is 0 Å². The molecule has 0 fully saturated rings. The smallest absolute Gasteiger partial charge is 0.336 e. The Hall–Kier alpha value is -0.393. The van der Waals surface area contributed by atoms with E-state index in [4.69, 9.17) is 13.9 Å². The van der Waals surface area contributed by atoms with E-state index in [1.807, 2.05) is 0 Å². The summed E-state index contributed by atoms with van der Waals surface area (Å²) in [7, 11) is 0.943. The van der Waals surface area contributed by atoms with Crippen LogP contribution in [0.15, 0.2) is 0 Å². The van der Waals surface area contributed by atoms with E-state index in [0.29, 0.717) is 0 Å². The molecule has 0 heterocycles. The molecule has 16 heavy (non-hydrogen) atoms. The summed E-state index contributed by atoms with van der Waals surface area (Å²) in [5.74, 6) is -0.369. The Balaban J connectivity index is 4.68. The molecule has 0 aliphatic heterocycles. The maximum atomic E-state index is 11.5. The summed E-state index contributed by atoms with van der Waals surface area (Å²) >= 11 is 0. The molecule has 0 N–H and O–H groups in total. The number of hydrogen-bond acceptors (Lipinski definition) is 4. The Morgan fingerprint density at radius 1 is 1.25 bits per heavy atom. The molecule has 0 spiro atoms. The van der Waals surface area contributed by atoms with Crippen LogP contribution in [0.5, 0.6) is 0 Å². The van der Waals surface area contributed by atoms with E-state index in [2.05, 4.69) is 33.9 Å². The molecule has 0 radical (unpaired) electrons. The molecule has 0 saturated carbocycles. The van der Waals surface area contributed by atoms with Crippen molar-refractivity contribution in [1.29, 1.82) is 0 Å². The first-order valence-electron chi connectivity index (χ1n) is 5.40. The average Bonchev–Trinajstić information content (AvgIpc) is 2.14. The van der Waals surface area contributed by atoms with E-state index >= 15 is 0 Å². The summed E-state index contributed by atoms with van der Waals surface area (Å²) in [6, 6.07) is 0. The van der Waals surface area contributed by atoms with Crippen LogP contribution in [0.3, 0.4) is 0 Å². The fourth-order valence-electron chi connectivity index (χ4n) is 0.965. The standard InChI is InChI=1S/C11H24O4Si/c1-11(2,3)16(6,7)15-9(8-13-4)10(12)14-5/h9H,8H2,1-7H3/t9-/m1/s1. The summed E-state index contributed by atoms with van der Waals surface area (Å²) < 4.78 is 15.6. The first-order valence-corrected chi connectivity index (χ1v) is 8.31. The van der Waals surface area contributed by atoms with Crippen molar-refractivity contribution in [2.24, 2.45) is 0 Å². The predicted octanol–water partition coefficient (Wildman–Crippen LogP) is 2.20. The molecule has 0 aliphatic rings. The normalized spacial score (nSPS) is 14.7. The molecule has 0 bridgehead atoms. The van der Waals surface area contributed by atoms with Crippen LogP contribution in [-0.4, -0.2) is 41.2 Å². The molecule has 96 valence electrons. The highest BCUT2D eigenvalue weighted by atomic mass is 28.4. The van der Waals surface area contributed by atoms with E-state index in [1.165, 1.54) is 7.11 Å². The van der Waals surface area contributed by atoms with Gasteiger partial charge in [0.15, 0.2) is 14.4 Å². The van der Waals surface area contributed by atoms with Gasteiger partial charge in [0, 0.05) is 7.11 Å². The molecule has 0 unspecified atom stereocenters. The molecule has 0 aliphatic carbocycles. The molecule has 0 rings (SSSR count). The van der Waals surface area contributed by atoms with Crippen molar-refractivity contribution in [2.45, 2.75) is 45.0 Å². The zero-order chi connectivity index (χ0) is 13.0. The Bertz CT molecular complexity index is 233. The molecule has 0 amide bonds. The lowest BCUT2D eigenvalue weighted by Crippen LogP contribution is -2.47. The molecule has 5 heteroatoms. The van der Waals surface area contributed by atoms with Gasteiger partial charge in [-0.1, -0.05) is 20.8 Å². The number of esters is 1. The van der Waals surface area contributed by atoms with Crippen LogP contribution in [-0.2, 0) is 18.7 Å². The Labute approximate surface area is 99.4 Å². The summed E-state index contributed by atoms with van der Waals surface area (Å²) in [4.78, 5) is 11.5. The van der Waals surface area contributed by atoms with Crippen LogP contribution >= 0.6 is 0 Å². The lowest BCUT2D eigenvalue weighted by Gasteiger charge is -2.38. The molecule has 0 aromatic heterocycles. The van der Waals surface area contributed by atoms with E-state index < -0.39 is 14.4 Å². The maximum absolute atomic E-state index is 11.5. The van der Waals surface area contributed by atoms with Crippen molar-refractivity contribution in [3.8, 4) is 0 Å². The van der Waals surface area contributed by atoms with Crippen molar-refractivity contribution >= 4 is 14.3 Å². The second kappa shape index (κ2) is 5.79. The van der Waals surface area contributed by atoms with Gasteiger partial charge < -0.3 is 13.9 Å². The molecular weight excluding hydrogens is 224 g/mol. The number of methoxy groups -OCH3 is 2. The van der Waals surface area contributed by atoms with Gasteiger partial charge in [0.25, 0.3) is 0 Å². The van der Waals surface area contributed by atoms with Gasteiger partial charge in [-0.2, -0.15) is 0 Å². The first-order chi connectivity index (χ1) is 7.15. The number of ether oxygens (including phenoxy) is 2. The second-order valence-electron chi connectivity index (χ2n) is 5.35. The van der Waals surface area contributed by atoms with Crippen molar-refractivity contribution < 1.29 is 18.7 Å². The number of rotatable bonds is 5. The summed E-state index contributed by atoms with van der Waals surface area (Å²) in [6.07, 6.45) is -0.615. The SMILES string of the molecule is COC[C@@H](O[Si](C)(C)C(C)(C)C)C(=O)OC. The highest BCUT2D eigenvalue weighted by Gasteiger charge is 2.41. The second-order valence-corrected chi connectivity index (χ2v) is 10.1. The highest BCUT2D eigenvalue weighted by Crippen LogP contribution is 2.37. The molecule has 0 aromatic rings. The van der Waals surface area contributed by atoms with Crippen molar-refractivity contribution in [2.75, 3.05) is 20.8 Å². The van der Waals surface area contributed by atoms with Gasteiger partial charge in [-0.3, -0.25) is 0 Å². The van der Waals surface area contributed by atoms with Crippen molar-refractivity contribution in [3.05, 3.63) is 0 Å². The number of carbonyl (C=O) groups excluding carboxylic acids is 1. The lowest BCUT2D eigenvalue weighted by atomic mass is 10.2. The van der Waals surface area contributed by atoms with Gasteiger partial charge in [-0.25, -0.2) is 4.79 Å². The quantitative estimate of drug-likeness (QED) is 0.552. The third-order valence-electron chi connectivity index (χ3n) is 3.03. The van der Waals surface area contributed by atoms with Crippen LogP contribution in [0, 0.1) is 0 Å². The molecule has 0 aromatic carbocycles. The summed E-state index contributed by atoms with van der Waals surface area (Å²) in [6.45, 7) is 10.8. The van der Waals surface area contributed by atoms with E-state index in [9.17, 15) is 4.79 Å². The third-order valence-corrected chi connectivity index (χ3v) is 7.51. The van der Waals surface area contributed by atoms with Gasteiger partial charge >= 0.3 is 5.97 Å². The van der Waals surface area contributed by atoms with E-state index in [1.54, 1.807) is 7.11 Å². The van der Waals surface area contributed by atoms with Gasteiger partial charge in [-0.15, -0.1) is 0 Å². The van der Waals surface area contributed by atoms with Gasteiger partial charge in [0.1, 0.15) is 0 Å². The minimum Gasteiger partial charge on any atom is -0.467 e. The van der Waals surface area contributed by atoms with Crippen LogP contribution in [0.25, 0.3) is 0 Å². The summed E-state index contributed by atoms with van der Waals surface area (Å²) in [5, 5.41) is 0.0625. The minimum absolute atomic E-state index is 0.0625. The average molecular weight is 248 g/mol. The highest BCUT2D eigenvalue weighted by molar-refractivity contribution is 6.74. The topological polar surface area (TPSA) is 44.8 Å². The fraction of sp³-hybridized carbons (Fsp3) is 0.909. The third kappa shape index (κ3) is 4.23. The van der Waals surface area contributed by atoms with Crippen LogP contribution in [0.2, 0.25) is 18.1 Å². The first kappa shape index (κ1) is 15.6. The van der Waals surface area contributed by atoms with Crippen LogP contribution in [0.4, 0.5) is 0 Å². The van der Waals surface area contributed by atoms with Crippen molar-refractivity contribution in [1.82, 2.24) is 0 Å². The zero-order valence-electron chi connectivity index (χ0n) is 11.4. The molecule has 0 saturated heterocycles. The molecular formula is C11H24O4Si. The van der Waals surface area contributed by atoms with E-state index in [-0.39, 0.29) is 17.6 Å². The maximum Gasteiger partial charge on any atom is 0.336 e. The zero-order valence-corrected chi connectivity index (χ0v) is 12.4. The number of hydrogen-bond donors (Lipinski definition) is 0. The van der Waals surface area contributed by atoms with Crippen LogP contribution in [0.1, 0.15) is 20.8 Å². The monoisotopic (exact) mass is 248 g/mol. The lowest BCUT2D eigenvalue weighted by molar-refractivity contribution is -0.151. The van der Waals surface area contributed by atoms with Crippen molar-refractivity contribution in [3.63, 3.8) is 0 Å². The van der Waals surface area contributed by atoms with Crippen LogP contribution < -0.4 is 0 Å². The van der Waals surface area contributed by atoms with Gasteiger partial charge in [0.2, 0.25) is 0 Å². The Morgan fingerprint density at radius 2 is 1.75 bits per heavy atom. The fourth-order valence-corrected chi connectivity index (χ4v) is 2.19.